The summed E-state index contributed by atoms with van der Waals surface area (Å²) in [7, 11) is 0. The lowest BCUT2D eigenvalue weighted by Crippen LogP contribution is -2.65. The second-order valence-corrected chi connectivity index (χ2v) is 10.5. The number of thioether (sulfide) groups is 1. The van der Waals surface area contributed by atoms with E-state index in [1.807, 2.05) is 0 Å². The minimum Gasteiger partial charge on any atom is -0.388 e. The van der Waals surface area contributed by atoms with E-state index in [4.69, 9.17) is 21.1 Å². The lowest BCUT2D eigenvalue weighted by atomic mass is 9.88. The number of carbonyl (C=O) groups is 1. The van der Waals surface area contributed by atoms with Gasteiger partial charge in [0.05, 0.1) is 17.5 Å². The zero-order valence-corrected chi connectivity index (χ0v) is 19.6. The molecule has 8 nitrogen and oxygen atoms in total. The van der Waals surface area contributed by atoms with Gasteiger partial charge in [-0.25, -0.2) is 8.78 Å². The Labute approximate surface area is 195 Å². The molecule has 5 N–H and O–H groups in total. The van der Waals surface area contributed by atoms with Crippen molar-refractivity contribution in [3.8, 4) is 0 Å². The Morgan fingerprint density at radius 1 is 1.28 bits per heavy atom. The average molecular weight is 503 g/mol. The van der Waals surface area contributed by atoms with E-state index in [0.29, 0.717) is 26.0 Å². The van der Waals surface area contributed by atoms with Crippen molar-refractivity contribution in [1.29, 1.82) is 0 Å². The van der Waals surface area contributed by atoms with Crippen LogP contribution in [0.3, 0.4) is 0 Å². The maximum absolute atomic E-state index is 13.1. The van der Waals surface area contributed by atoms with Crippen molar-refractivity contribution in [1.82, 2.24) is 10.6 Å². The van der Waals surface area contributed by atoms with Gasteiger partial charge in [-0.2, -0.15) is 0 Å². The van der Waals surface area contributed by atoms with Crippen molar-refractivity contribution in [3.63, 3.8) is 0 Å². The number of rotatable bonds is 7. The van der Waals surface area contributed by atoms with Crippen LogP contribution in [0.2, 0.25) is 0 Å². The molecule has 32 heavy (non-hydrogen) atoms. The largest absolute Gasteiger partial charge is 0.388 e. The molecule has 1 amide bonds. The van der Waals surface area contributed by atoms with Crippen molar-refractivity contribution in [2.45, 2.75) is 86.0 Å². The molecule has 0 radical (unpaired) electrons. The molecule has 3 fully saturated rings. The smallest absolute Gasteiger partial charge is 0.240 e. The number of aliphatic hydroxyl groups is 3. The zero-order chi connectivity index (χ0) is 23.6. The van der Waals surface area contributed by atoms with Crippen LogP contribution in [-0.4, -0.2) is 100 Å². The Hall–Kier alpha value is -0.270. The summed E-state index contributed by atoms with van der Waals surface area (Å²) >= 11 is 7.49. The van der Waals surface area contributed by atoms with Crippen molar-refractivity contribution < 1.29 is 38.4 Å². The van der Waals surface area contributed by atoms with Gasteiger partial charge in [-0.05, 0) is 37.9 Å². The van der Waals surface area contributed by atoms with Gasteiger partial charge in [-0.1, -0.05) is 0 Å². The first kappa shape index (κ1) is 26.3. The number of hydrogen-bond acceptors (Lipinski definition) is 8. The van der Waals surface area contributed by atoms with Crippen LogP contribution in [0.4, 0.5) is 8.78 Å². The molecule has 0 aromatic rings. The van der Waals surface area contributed by atoms with Gasteiger partial charge in [0.2, 0.25) is 12.3 Å². The van der Waals surface area contributed by atoms with Crippen LogP contribution in [-0.2, 0) is 14.3 Å². The second kappa shape index (κ2) is 11.4. The normalized spacial score (nSPS) is 42.2. The third kappa shape index (κ3) is 5.86. The van der Waals surface area contributed by atoms with Gasteiger partial charge in [-0.3, -0.25) is 4.79 Å². The van der Waals surface area contributed by atoms with Crippen LogP contribution >= 0.6 is 23.4 Å². The van der Waals surface area contributed by atoms with Crippen molar-refractivity contribution >= 4 is 29.3 Å². The first-order valence-electron chi connectivity index (χ1n) is 10.9. The first-order valence-corrected chi connectivity index (χ1v) is 12.7. The SMILES string of the molecule is CSC1O[C@H]([C@H](NC(=O)[C@H]2NC[C@@H]3C[C@H](CC(F)F)CCO[C@H]32)[C@H](C)Cl)C(O)[C@@H](O)[C@H]1O. The second-order valence-electron chi connectivity index (χ2n) is 8.89. The maximum Gasteiger partial charge on any atom is 0.240 e. The van der Waals surface area contributed by atoms with Crippen LogP contribution in [0.5, 0.6) is 0 Å². The van der Waals surface area contributed by atoms with Crippen LogP contribution in [0.25, 0.3) is 0 Å². The molecule has 0 spiro atoms. The van der Waals surface area contributed by atoms with Gasteiger partial charge < -0.3 is 35.4 Å². The molecule has 3 aliphatic rings. The molecule has 11 atom stereocenters. The number of fused-ring (bicyclic) bond motifs is 1. The molecular formula is C20H33ClF2N2O6S. The van der Waals surface area contributed by atoms with Crippen LogP contribution in [0, 0.1) is 11.8 Å². The number of alkyl halides is 3. The fourth-order valence-corrected chi connectivity index (χ4v) is 5.82. The highest BCUT2D eigenvalue weighted by molar-refractivity contribution is 7.99. The molecule has 0 aromatic carbocycles. The standard InChI is InChI=1S/C20H33ClF2N2O6S/c1-8(21)12(18-15(27)14(26)16(28)20(31-18)32-2)25-19(29)13-17-10(7-24-13)5-9(3-4-30-17)6-11(22)23/h8-18,20,24,26-28H,3-7H2,1-2H3,(H,25,29)/t8-,9+,10-,12+,13-,14+,15?,16+,17+,18+,20?/m0/s1. The Morgan fingerprint density at radius 2 is 2.00 bits per heavy atom. The van der Waals surface area contributed by atoms with Gasteiger partial charge in [-0.15, -0.1) is 23.4 Å². The highest BCUT2D eigenvalue weighted by atomic mass is 35.5. The van der Waals surface area contributed by atoms with E-state index in [1.165, 1.54) is 11.8 Å². The molecule has 0 aromatic heterocycles. The lowest BCUT2D eigenvalue weighted by molar-refractivity contribution is -0.205. The average Bonchev–Trinajstić information content (AvgIpc) is 3.02. The highest BCUT2D eigenvalue weighted by Crippen LogP contribution is 2.34. The molecule has 3 rings (SSSR count). The number of hydrogen-bond donors (Lipinski definition) is 5. The van der Waals surface area contributed by atoms with Gasteiger partial charge in [0, 0.05) is 19.6 Å². The quantitative estimate of drug-likeness (QED) is 0.315. The Bertz CT molecular complexity index is 637. The van der Waals surface area contributed by atoms with Crippen molar-refractivity contribution in [3.05, 3.63) is 0 Å². The first-order chi connectivity index (χ1) is 15.1. The topological polar surface area (TPSA) is 120 Å². The molecule has 2 unspecified atom stereocenters. The summed E-state index contributed by atoms with van der Waals surface area (Å²) in [6.07, 6.45) is -5.42. The van der Waals surface area contributed by atoms with E-state index < -0.39 is 65.7 Å². The van der Waals surface area contributed by atoms with Crippen LogP contribution < -0.4 is 10.6 Å². The van der Waals surface area contributed by atoms with Gasteiger partial charge in [0.25, 0.3) is 0 Å². The van der Waals surface area contributed by atoms with E-state index in [-0.39, 0.29) is 18.3 Å². The number of nitrogens with one attached hydrogen (secondary N) is 2. The zero-order valence-electron chi connectivity index (χ0n) is 18.1. The van der Waals surface area contributed by atoms with E-state index in [1.54, 1.807) is 13.2 Å². The molecule has 3 saturated heterocycles. The number of amides is 1. The molecule has 0 aliphatic carbocycles. The van der Waals surface area contributed by atoms with E-state index in [9.17, 15) is 28.9 Å². The molecule has 3 heterocycles. The van der Waals surface area contributed by atoms with E-state index >= 15 is 0 Å². The number of aliphatic hydroxyl groups excluding tert-OH is 3. The fraction of sp³-hybridized carbons (Fsp3) is 0.950. The van der Waals surface area contributed by atoms with Crippen LogP contribution in [0.15, 0.2) is 0 Å². The predicted molar refractivity (Wildman–Crippen MR) is 116 cm³/mol. The Kier molecular flexibility index (Phi) is 9.41. The summed E-state index contributed by atoms with van der Waals surface area (Å²) in [4.78, 5) is 13.1. The van der Waals surface area contributed by atoms with E-state index in [0.717, 1.165) is 0 Å². The predicted octanol–water partition coefficient (Wildman–Crippen LogP) is 0.308. The van der Waals surface area contributed by atoms with Crippen LogP contribution in [0.1, 0.15) is 26.2 Å². The molecular weight excluding hydrogens is 470 g/mol. The molecule has 0 saturated carbocycles. The fourth-order valence-electron chi connectivity index (χ4n) is 4.93. The van der Waals surface area contributed by atoms with Crippen molar-refractivity contribution in [2.75, 3.05) is 19.4 Å². The summed E-state index contributed by atoms with van der Waals surface area (Å²) in [6, 6.07) is -1.55. The monoisotopic (exact) mass is 502 g/mol. The minimum atomic E-state index is -2.36. The molecule has 12 heteroatoms. The Morgan fingerprint density at radius 3 is 2.62 bits per heavy atom. The number of halogens is 3. The molecule has 3 aliphatic heterocycles. The Balaban J connectivity index is 1.68. The summed E-state index contributed by atoms with van der Waals surface area (Å²) in [5.41, 5.74) is -0.792. The number of ether oxygens (including phenoxy) is 2. The summed E-state index contributed by atoms with van der Waals surface area (Å²) in [5, 5.41) is 36.1. The van der Waals surface area contributed by atoms with Gasteiger partial charge in [0.15, 0.2) is 0 Å². The minimum absolute atomic E-state index is 0.0572. The third-order valence-electron chi connectivity index (χ3n) is 6.66. The number of carbonyl (C=O) groups excluding carboxylic acids is 1. The van der Waals surface area contributed by atoms with Gasteiger partial charge >= 0.3 is 0 Å². The summed E-state index contributed by atoms with van der Waals surface area (Å²) in [5.74, 6) is -0.607. The van der Waals surface area contributed by atoms with Crippen molar-refractivity contribution in [2.24, 2.45) is 11.8 Å². The maximum atomic E-state index is 13.1. The molecule has 186 valence electrons. The molecule has 0 bridgehead atoms. The highest BCUT2D eigenvalue weighted by Gasteiger charge is 2.49. The lowest BCUT2D eigenvalue weighted by Gasteiger charge is -2.44. The summed E-state index contributed by atoms with van der Waals surface area (Å²) < 4.78 is 37.3. The summed E-state index contributed by atoms with van der Waals surface area (Å²) in [6.45, 7) is 2.42. The van der Waals surface area contributed by atoms with E-state index in [2.05, 4.69) is 10.6 Å². The van der Waals surface area contributed by atoms with Gasteiger partial charge in [0.1, 0.15) is 35.9 Å². The third-order valence-corrected chi connectivity index (χ3v) is 7.78.